The Labute approximate surface area is 95.2 Å². The maximum atomic E-state index is 9.96. The normalized spacial score (nSPS) is 39.1. The molecule has 0 aromatic heterocycles. The number of azide groups is 1. The van der Waals surface area contributed by atoms with Gasteiger partial charge in [0.1, 0.15) is 0 Å². The van der Waals surface area contributed by atoms with Crippen LogP contribution in [0.4, 0.5) is 0 Å². The molecule has 0 amide bonds. The summed E-state index contributed by atoms with van der Waals surface area (Å²) in [6.07, 6.45) is -0.712. The molecule has 16 heavy (non-hydrogen) atoms. The molecule has 1 N–H and O–H groups in total. The fourth-order valence-corrected chi connectivity index (χ4v) is 1.98. The van der Waals surface area contributed by atoms with Crippen molar-refractivity contribution in [1.29, 1.82) is 0 Å². The Morgan fingerprint density at radius 3 is 2.69 bits per heavy atom. The van der Waals surface area contributed by atoms with Crippen molar-refractivity contribution in [3.8, 4) is 0 Å². The first-order valence-corrected chi connectivity index (χ1v) is 5.65. The van der Waals surface area contributed by atoms with E-state index in [0.29, 0.717) is 13.0 Å². The van der Waals surface area contributed by atoms with Gasteiger partial charge in [0, 0.05) is 11.5 Å². The Morgan fingerprint density at radius 1 is 1.50 bits per heavy atom. The van der Waals surface area contributed by atoms with Gasteiger partial charge in [0.15, 0.2) is 6.29 Å². The van der Waals surface area contributed by atoms with Crippen molar-refractivity contribution in [1.82, 2.24) is 0 Å². The van der Waals surface area contributed by atoms with Crippen LogP contribution in [0.15, 0.2) is 5.11 Å². The number of hydrogen-bond acceptors (Lipinski definition) is 4. The topological polar surface area (TPSA) is 87.5 Å². The number of hydrogen-bond donors (Lipinski definition) is 1. The smallest absolute Gasteiger partial charge is 0.166 e. The quantitative estimate of drug-likeness (QED) is 0.453. The van der Waals surface area contributed by atoms with Gasteiger partial charge < -0.3 is 14.6 Å². The molecule has 0 radical (unpaired) electrons. The minimum Gasteiger partial charge on any atom is -0.390 e. The van der Waals surface area contributed by atoms with Crippen LogP contribution in [-0.2, 0) is 9.47 Å². The van der Waals surface area contributed by atoms with E-state index < -0.39 is 18.4 Å². The first-order chi connectivity index (χ1) is 7.65. The van der Waals surface area contributed by atoms with Gasteiger partial charge in [-0.1, -0.05) is 19.0 Å². The molecule has 3 unspecified atom stereocenters. The molecule has 5 atom stereocenters. The van der Waals surface area contributed by atoms with E-state index in [0.717, 1.165) is 0 Å². The zero-order valence-corrected chi connectivity index (χ0v) is 9.91. The fourth-order valence-electron chi connectivity index (χ4n) is 1.98. The highest BCUT2D eigenvalue weighted by Crippen LogP contribution is 2.30. The summed E-state index contributed by atoms with van der Waals surface area (Å²) in [6.45, 7) is 6.13. The van der Waals surface area contributed by atoms with Gasteiger partial charge in [-0.15, -0.1) is 0 Å². The van der Waals surface area contributed by atoms with Crippen LogP contribution in [0.2, 0.25) is 0 Å². The Bertz CT molecular complexity index is 268. The third kappa shape index (κ3) is 2.65. The van der Waals surface area contributed by atoms with Gasteiger partial charge in [-0.3, -0.25) is 0 Å². The van der Waals surface area contributed by atoms with Gasteiger partial charge in [-0.25, -0.2) is 0 Å². The van der Waals surface area contributed by atoms with Gasteiger partial charge in [-0.2, -0.15) is 0 Å². The third-order valence-corrected chi connectivity index (χ3v) is 2.96. The van der Waals surface area contributed by atoms with E-state index in [1.165, 1.54) is 0 Å². The van der Waals surface area contributed by atoms with Gasteiger partial charge in [0.2, 0.25) is 0 Å². The van der Waals surface area contributed by atoms with Crippen LogP contribution >= 0.6 is 0 Å². The minimum atomic E-state index is -0.614. The highest BCUT2D eigenvalue weighted by Gasteiger charge is 2.42. The second-order valence-electron chi connectivity index (χ2n) is 3.95. The number of nitrogens with zero attached hydrogens (tertiary/aromatic N) is 3. The van der Waals surface area contributed by atoms with E-state index in [9.17, 15) is 5.11 Å². The lowest BCUT2D eigenvalue weighted by Gasteiger charge is -2.41. The summed E-state index contributed by atoms with van der Waals surface area (Å²) in [5.74, 6) is -0.161. The van der Waals surface area contributed by atoms with Crippen LogP contribution in [0.5, 0.6) is 0 Å². The van der Waals surface area contributed by atoms with Crippen molar-refractivity contribution in [2.45, 2.75) is 51.7 Å². The van der Waals surface area contributed by atoms with Crippen molar-refractivity contribution in [3.63, 3.8) is 0 Å². The lowest BCUT2D eigenvalue weighted by molar-refractivity contribution is -0.244. The summed E-state index contributed by atoms with van der Waals surface area (Å²) in [7, 11) is 0. The molecule has 92 valence electrons. The molecular formula is C10H19N3O3. The summed E-state index contributed by atoms with van der Waals surface area (Å²) < 4.78 is 11.0. The van der Waals surface area contributed by atoms with Crippen LogP contribution in [0.25, 0.3) is 10.4 Å². The zero-order chi connectivity index (χ0) is 12.1. The molecule has 1 heterocycles. The van der Waals surface area contributed by atoms with Crippen LogP contribution in [0.1, 0.15) is 27.2 Å². The van der Waals surface area contributed by atoms with Crippen LogP contribution in [0.3, 0.4) is 0 Å². The molecule has 0 bridgehead atoms. The highest BCUT2D eigenvalue weighted by atomic mass is 16.7. The van der Waals surface area contributed by atoms with E-state index >= 15 is 0 Å². The summed E-state index contributed by atoms with van der Waals surface area (Å²) in [5, 5.41) is 13.6. The lowest BCUT2D eigenvalue weighted by Crippen LogP contribution is -2.52. The van der Waals surface area contributed by atoms with Gasteiger partial charge in [-0.05, 0) is 24.8 Å². The van der Waals surface area contributed by atoms with E-state index in [1.54, 1.807) is 0 Å². The van der Waals surface area contributed by atoms with Crippen molar-refractivity contribution in [3.05, 3.63) is 10.4 Å². The second-order valence-corrected chi connectivity index (χ2v) is 3.95. The molecule has 1 aliphatic rings. The van der Waals surface area contributed by atoms with Crippen molar-refractivity contribution in [2.24, 2.45) is 11.0 Å². The van der Waals surface area contributed by atoms with Crippen LogP contribution in [-0.4, -0.2) is 36.3 Å². The Kier molecular flexibility index (Phi) is 5.02. The maximum Gasteiger partial charge on any atom is 0.166 e. The van der Waals surface area contributed by atoms with E-state index in [2.05, 4.69) is 10.0 Å². The van der Waals surface area contributed by atoms with Gasteiger partial charge in [0.25, 0.3) is 0 Å². The molecule has 0 aromatic carbocycles. The van der Waals surface area contributed by atoms with Crippen LogP contribution in [0, 0.1) is 5.92 Å². The molecule has 6 heteroatoms. The maximum absolute atomic E-state index is 9.96. The number of aliphatic hydroxyl groups excluding tert-OH is 1. The SMILES string of the molecule is CCOC1OC(CC)[C@@H](O)[C@H](C)C1N=[N+]=[N-]. The van der Waals surface area contributed by atoms with Gasteiger partial charge in [0.05, 0.1) is 18.2 Å². The number of aliphatic hydroxyl groups is 1. The zero-order valence-electron chi connectivity index (χ0n) is 9.91. The number of rotatable bonds is 4. The Hall–Kier alpha value is -0.810. The van der Waals surface area contributed by atoms with E-state index in [1.807, 2.05) is 20.8 Å². The molecular weight excluding hydrogens is 210 g/mol. The molecule has 1 fully saturated rings. The molecule has 1 aliphatic heterocycles. The number of ether oxygens (including phenoxy) is 2. The molecule has 0 aromatic rings. The predicted octanol–water partition coefficient (Wildman–Crippen LogP) is 1.83. The van der Waals surface area contributed by atoms with Crippen molar-refractivity contribution < 1.29 is 14.6 Å². The predicted molar refractivity (Wildman–Crippen MR) is 58.7 cm³/mol. The van der Waals surface area contributed by atoms with Crippen molar-refractivity contribution in [2.75, 3.05) is 6.61 Å². The molecule has 0 spiro atoms. The van der Waals surface area contributed by atoms with E-state index in [4.69, 9.17) is 15.0 Å². The fraction of sp³-hybridized carbons (Fsp3) is 1.00. The molecule has 0 saturated carbocycles. The summed E-state index contributed by atoms with van der Waals surface area (Å²) in [5.41, 5.74) is 8.50. The molecule has 0 aliphatic carbocycles. The first kappa shape index (κ1) is 13.3. The molecule has 1 rings (SSSR count). The largest absolute Gasteiger partial charge is 0.390 e. The monoisotopic (exact) mass is 229 g/mol. The van der Waals surface area contributed by atoms with E-state index in [-0.39, 0.29) is 12.0 Å². The summed E-state index contributed by atoms with van der Waals surface area (Å²) >= 11 is 0. The standard InChI is InChI=1S/C10H19N3O3/c1-4-7-9(14)6(3)8(12-13-11)10(16-7)15-5-2/h6-10,14H,4-5H2,1-3H3/t6-,7?,8?,9+,10?/m1/s1. The molecule has 6 nitrogen and oxygen atoms in total. The average molecular weight is 229 g/mol. The summed E-state index contributed by atoms with van der Waals surface area (Å²) in [6, 6.07) is -0.470. The lowest BCUT2D eigenvalue weighted by atomic mass is 9.88. The highest BCUT2D eigenvalue weighted by molar-refractivity contribution is 4.90. The molecule has 1 saturated heterocycles. The minimum absolute atomic E-state index is 0.161. The average Bonchev–Trinajstić information content (AvgIpc) is 2.28. The van der Waals surface area contributed by atoms with Crippen molar-refractivity contribution >= 4 is 0 Å². The summed E-state index contributed by atoms with van der Waals surface area (Å²) in [4.78, 5) is 2.78. The second kappa shape index (κ2) is 6.06. The Morgan fingerprint density at radius 2 is 2.19 bits per heavy atom. The first-order valence-electron chi connectivity index (χ1n) is 5.65. The van der Waals surface area contributed by atoms with Gasteiger partial charge >= 0.3 is 0 Å². The third-order valence-electron chi connectivity index (χ3n) is 2.96. The van der Waals surface area contributed by atoms with Crippen LogP contribution < -0.4 is 0 Å². The Balaban J connectivity index is 2.83.